The van der Waals surface area contributed by atoms with E-state index in [0.717, 1.165) is 19.3 Å². The molecule has 0 aromatic rings. The standard InChI is InChI=1S/C13H22N2O3/c1-6(2)11(13(17)18)15-12(16)9-7-3-4-8(5-7)10(9)14/h6-11H,3-5,14H2,1-2H3,(H,15,16)(H,17,18)/t7?,8?,9?,10?,11-/m1/s1. The fourth-order valence-corrected chi connectivity index (χ4v) is 3.49. The van der Waals surface area contributed by atoms with E-state index < -0.39 is 12.0 Å². The van der Waals surface area contributed by atoms with Gasteiger partial charge in [0.15, 0.2) is 0 Å². The Bertz CT molecular complexity index is 354. The number of hydrogen-bond acceptors (Lipinski definition) is 3. The number of rotatable bonds is 4. The summed E-state index contributed by atoms with van der Waals surface area (Å²) >= 11 is 0. The maximum atomic E-state index is 12.2. The Balaban J connectivity index is 2.01. The Morgan fingerprint density at radius 1 is 1.28 bits per heavy atom. The number of hydrogen-bond donors (Lipinski definition) is 3. The molecule has 0 radical (unpaired) electrons. The molecule has 0 spiro atoms. The molecule has 5 atom stereocenters. The maximum Gasteiger partial charge on any atom is 0.326 e. The second kappa shape index (κ2) is 4.88. The summed E-state index contributed by atoms with van der Waals surface area (Å²) in [4.78, 5) is 23.3. The van der Waals surface area contributed by atoms with Gasteiger partial charge in [0.2, 0.25) is 5.91 Å². The van der Waals surface area contributed by atoms with Crippen molar-refractivity contribution in [1.29, 1.82) is 0 Å². The molecule has 5 heteroatoms. The normalized spacial score (nSPS) is 35.8. The van der Waals surface area contributed by atoms with E-state index in [4.69, 9.17) is 10.8 Å². The van der Waals surface area contributed by atoms with Crippen molar-refractivity contribution < 1.29 is 14.7 Å². The van der Waals surface area contributed by atoms with E-state index in [1.165, 1.54) is 0 Å². The SMILES string of the molecule is CC(C)[C@@H](NC(=O)C1C2CCC(C2)C1N)C(=O)O. The van der Waals surface area contributed by atoms with Crippen LogP contribution in [-0.4, -0.2) is 29.1 Å². The molecule has 2 aliphatic rings. The second-order valence-corrected chi connectivity index (χ2v) is 6.00. The second-order valence-electron chi connectivity index (χ2n) is 6.00. The molecule has 2 fully saturated rings. The first kappa shape index (κ1) is 13.3. The van der Waals surface area contributed by atoms with Gasteiger partial charge in [0, 0.05) is 6.04 Å². The summed E-state index contributed by atoms with van der Waals surface area (Å²) in [6, 6.07) is -0.908. The number of carboxylic acids is 1. The third kappa shape index (κ3) is 2.23. The highest BCUT2D eigenvalue weighted by Gasteiger charge is 2.49. The Morgan fingerprint density at radius 2 is 1.89 bits per heavy atom. The quantitative estimate of drug-likeness (QED) is 0.684. The first-order valence-corrected chi connectivity index (χ1v) is 6.70. The minimum atomic E-state index is -0.977. The lowest BCUT2D eigenvalue weighted by Crippen LogP contribution is -2.51. The number of nitrogens with one attached hydrogen (secondary N) is 1. The smallest absolute Gasteiger partial charge is 0.326 e. The average molecular weight is 254 g/mol. The molecule has 0 saturated heterocycles. The van der Waals surface area contributed by atoms with Crippen molar-refractivity contribution in [3.8, 4) is 0 Å². The van der Waals surface area contributed by atoms with Crippen LogP contribution in [0, 0.1) is 23.7 Å². The van der Waals surface area contributed by atoms with Crippen LogP contribution in [0.2, 0.25) is 0 Å². The van der Waals surface area contributed by atoms with Crippen LogP contribution >= 0.6 is 0 Å². The molecule has 0 aromatic carbocycles. The van der Waals surface area contributed by atoms with Crippen LogP contribution in [0.25, 0.3) is 0 Å². The van der Waals surface area contributed by atoms with Crippen LogP contribution in [0.5, 0.6) is 0 Å². The topological polar surface area (TPSA) is 92.4 Å². The Kier molecular flexibility index (Phi) is 3.61. The summed E-state index contributed by atoms with van der Waals surface area (Å²) in [7, 11) is 0. The van der Waals surface area contributed by atoms with Gasteiger partial charge in [-0.05, 0) is 37.0 Å². The molecule has 2 bridgehead atoms. The predicted octanol–water partition coefficient (Wildman–Crippen LogP) is 0.585. The number of carbonyl (C=O) groups excluding carboxylic acids is 1. The van der Waals surface area contributed by atoms with Crippen molar-refractivity contribution in [3.63, 3.8) is 0 Å². The molecule has 0 aliphatic heterocycles. The van der Waals surface area contributed by atoms with E-state index in [0.29, 0.717) is 11.8 Å². The fourth-order valence-electron chi connectivity index (χ4n) is 3.49. The van der Waals surface area contributed by atoms with Gasteiger partial charge in [-0.25, -0.2) is 4.79 Å². The van der Waals surface area contributed by atoms with Crippen LogP contribution in [0.4, 0.5) is 0 Å². The molecule has 5 nitrogen and oxygen atoms in total. The lowest BCUT2D eigenvalue weighted by Gasteiger charge is -2.29. The third-order valence-electron chi connectivity index (χ3n) is 4.51. The summed E-state index contributed by atoms with van der Waals surface area (Å²) in [6.45, 7) is 3.58. The van der Waals surface area contributed by atoms with Crippen LogP contribution in [-0.2, 0) is 9.59 Å². The van der Waals surface area contributed by atoms with Gasteiger partial charge in [-0.15, -0.1) is 0 Å². The Morgan fingerprint density at radius 3 is 2.33 bits per heavy atom. The number of nitrogens with two attached hydrogens (primary N) is 1. The van der Waals surface area contributed by atoms with Gasteiger partial charge in [-0.1, -0.05) is 13.8 Å². The van der Waals surface area contributed by atoms with E-state index in [9.17, 15) is 9.59 Å². The van der Waals surface area contributed by atoms with Crippen molar-refractivity contribution in [1.82, 2.24) is 5.32 Å². The molecular formula is C13H22N2O3. The molecule has 0 heterocycles. The average Bonchev–Trinajstić information content (AvgIpc) is 2.84. The highest BCUT2D eigenvalue weighted by molar-refractivity contribution is 5.86. The zero-order chi connectivity index (χ0) is 13.4. The fraction of sp³-hybridized carbons (Fsp3) is 0.846. The lowest BCUT2D eigenvalue weighted by molar-refractivity contribution is -0.144. The molecule has 2 aliphatic carbocycles. The predicted molar refractivity (Wildman–Crippen MR) is 66.7 cm³/mol. The van der Waals surface area contributed by atoms with Gasteiger partial charge in [-0.2, -0.15) is 0 Å². The summed E-state index contributed by atoms with van der Waals surface area (Å²) < 4.78 is 0. The number of amides is 1. The molecular weight excluding hydrogens is 232 g/mol. The first-order chi connectivity index (χ1) is 8.41. The van der Waals surface area contributed by atoms with Crippen molar-refractivity contribution in [2.45, 2.75) is 45.2 Å². The third-order valence-corrected chi connectivity index (χ3v) is 4.51. The molecule has 4 N–H and O–H groups in total. The monoisotopic (exact) mass is 254 g/mol. The number of fused-ring (bicyclic) bond motifs is 2. The molecule has 0 aromatic heterocycles. The summed E-state index contributed by atoms with van der Waals surface area (Å²) in [5, 5.41) is 11.7. The van der Waals surface area contributed by atoms with Crippen molar-refractivity contribution in [2.24, 2.45) is 29.4 Å². The molecule has 2 saturated carbocycles. The summed E-state index contributed by atoms with van der Waals surface area (Å²) in [5.41, 5.74) is 6.08. The lowest BCUT2D eigenvalue weighted by atomic mass is 9.84. The van der Waals surface area contributed by atoms with Crippen LogP contribution in [0.15, 0.2) is 0 Å². The summed E-state index contributed by atoms with van der Waals surface area (Å²) in [5.74, 6) is -0.656. The highest BCUT2D eigenvalue weighted by Crippen LogP contribution is 2.47. The van der Waals surface area contributed by atoms with E-state index in [2.05, 4.69) is 5.32 Å². The zero-order valence-corrected chi connectivity index (χ0v) is 10.9. The maximum absolute atomic E-state index is 12.2. The van der Waals surface area contributed by atoms with Crippen LogP contribution in [0.1, 0.15) is 33.1 Å². The molecule has 102 valence electrons. The first-order valence-electron chi connectivity index (χ1n) is 6.70. The largest absolute Gasteiger partial charge is 0.480 e. The van der Waals surface area contributed by atoms with Gasteiger partial charge in [0.25, 0.3) is 0 Å². The minimum absolute atomic E-state index is 0.0923. The van der Waals surface area contributed by atoms with E-state index in [1.54, 1.807) is 13.8 Å². The zero-order valence-electron chi connectivity index (χ0n) is 10.9. The molecule has 1 amide bonds. The Hall–Kier alpha value is -1.10. The van der Waals surface area contributed by atoms with E-state index in [-0.39, 0.29) is 23.8 Å². The Labute approximate surface area is 107 Å². The number of carboxylic acid groups (broad SMARTS) is 1. The van der Waals surface area contributed by atoms with Gasteiger partial charge < -0.3 is 16.2 Å². The van der Waals surface area contributed by atoms with E-state index >= 15 is 0 Å². The van der Waals surface area contributed by atoms with Gasteiger partial charge in [0.1, 0.15) is 6.04 Å². The van der Waals surface area contributed by atoms with E-state index in [1.807, 2.05) is 0 Å². The minimum Gasteiger partial charge on any atom is -0.480 e. The van der Waals surface area contributed by atoms with Gasteiger partial charge in [-0.3, -0.25) is 4.79 Å². The highest BCUT2D eigenvalue weighted by atomic mass is 16.4. The van der Waals surface area contributed by atoms with Crippen molar-refractivity contribution >= 4 is 11.9 Å². The molecule has 2 rings (SSSR count). The van der Waals surface area contributed by atoms with Crippen molar-refractivity contribution in [2.75, 3.05) is 0 Å². The molecule has 18 heavy (non-hydrogen) atoms. The number of carbonyl (C=O) groups is 2. The summed E-state index contributed by atoms with van der Waals surface area (Å²) in [6.07, 6.45) is 3.19. The molecule has 4 unspecified atom stereocenters. The number of aliphatic carboxylic acids is 1. The van der Waals surface area contributed by atoms with Crippen LogP contribution in [0.3, 0.4) is 0 Å². The van der Waals surface area contributed by atoms with Crippen molar-refractivity contribution in [3.05, 3.63) is 0 Å². The van der Waals surface area contributed by atoms with Gasteiger partial charge >= 0.3 is 5.97 Å². The van der Waals surface area contributed by atoms with Gasteiger partial charge in [0.05, 0.1) is 5.92 Å². The van der Waals surface area contributed by atoms with Crippen LogP contribution < -0.4 is 11.1 Å².